The van der Waals surface area contributed by atoms with Crippen LogP contribution in [-0.2, 0) is 0 Å². The first-order chi connectivity index (χ1) is 6.43. The highest BCUT2D eigenvalue weighted by molar-refractivity contribution is 5.39. The zero-order valence-corrected chi connectivity index (χ0v) is 8.64. The largest absolute Gasteiger partial charge is 0.319 e. The third kappa shape index (κ3) is 2.10. The molecule has 0 saturated heterocycles. The van der Waals surface area contributed by atoms with E-state index in [1.165, 1.54) is 0 Å². The molecule has 1 aromatic rings. The van der Waals surface area contributed by atoms with Gasteiger partial charge in [-0.25, -0.2) is 8.78 Å². The van der Waals surface area contributed by atoms with Crippen LogP contribution >= 0.6 is 0 Å². The van der Waals surface area contributed by atoms with Crippen LogP contribution in [0.1, 0.15) is 28.3 Å². The van der Waals surface area contributed by atoms with Crippen molar-refractivity contribution >= 4 is 0 Å². The van der Waals surface area contributed by atoms with Crippen LogP contribution in [0.15, 0.2) is 12.1 Å². The Hall–Kier alpha value is -0.960. The molecule has 1 atom stereocenters. The van der Waals surface area contributed by atoms with Gasteiger partial charge in [0.15, 0.2) is 0 Å². The molecule has 78 valence electrons. The molecule has 0 aliphatic carbocycles. The lowest BCUT2D eigenvalue weighted by Gasteiger charge is -2.17. The summed E-state index contributed by atoms with van der Waals surface area (Å²) < 4.78 is 24.9. The predicted molar refractivity (Wildman–Crippen MR) is 53.6 cm³/mol. The molecule has 0 spiro atoms. The lowest BCUT2D eigenvalue weighted by molar-refractivity contribution is 0.116. The molecule has 1 unspecified atom stereocenters. The molecule has 0 bridgehead atoms. The van der Waals surface area contributed by atoms with E-state index in [1.807, 2.05) is 32.9 Å². The number of hydrogen-bond acceptors (Lipinski definition) is 1. The molecule has 2 N–H and O–H groups in total. The van der Waals surface area contributed by atoms with E-state index in [0.717, 1.165) is 16.7 Å². The Balaban J connectivity index is 3.20. The van der Waals surface area contributed by atoms with Crippen LogP contribution in [0.2, 0.25) is 0 Å². The van der Waals surface area contributed by atoms with Crippen LogP contribution in [0.3, 0.4) is 0 Å². The van der Waals surface area contributed by atoms with E-state index in [0.29, 0.717) is 5.56 Å². The van der Waals surface area contributed by atoms with Crippen molar-refractivity contribution in [2.75, 3.05) is 0 Å². The number of hydrogen-bond donors (Lipinski definition) is 1. The second-order valence-electron chi connectivity index (χ2n) is 3.67. The quantitative estimate of drug-likeness (QED) is 0.778. The number of rotatable bonds is 2. The summed E-state index contributed by atoms with van der Waals surface area (Å²) >= 11 is 0. The van der Waals surface area contributed by atoms with Crippen LogP contribution in [0.4, 0.5) is 8.78 Å². The van der Waals surface area contributed by atoms with E-state index in [4.69, 9.17) is 5.73 Å². The van der Waals surface area contributed by atoms with Gasteiger partial charge in [0.2, 0.25) is 0 Å². The summed E-state index contributed by atoms with van der Waals surface area (Å²) in [4.78, 5) is 0. The van der Waals surface area contributed by atoms with Gasteiger partial charge in [0, 0.05) is 0 Å². The van der Waals surface area contributed by atoms with Crippen molar-refractivity contribution in [1.29, 1.82) is 0 Å². The van der Waals surface area contributed by atoms with Crippen molar-refractivity contribution in [1.82, 2.24) is 0 Å². The van der Waals surface area contributed by atoms with Crippen LogP contribution in [0.25, 0.3) is 0 Å². The molecule has 0 aromatic heterocycles. The van der Waals surface area contributed by atoms with Crippen molar-refractivity contribution in [3.63, 3.8) is 0 Å². The molecule has 0 aliphatic heterocycles. The van der Waals surface area contributed by atoms with Gasteiger partial charge >= 0.3 is 0 Å². The lowest BCUT2D eigenvalue weighted by Crippen LogP contribution is -2.21. The standard InChI is InChI=1S/C11H15F2N/c1-6-4-7(2)9(8(3)5-6)10(14)11(12)13/h4-5,10-11H,14H2,1-3H3. The first-order valence-electron chi connectivity index (χ1n) is 4.55. The molecule has 14 heavy (non-hydrogen) atoms. The second-order valence-corrected chi connectivity index (χ2v) is 3.67. The van der Waals surface area contributed by atoms with E-state index < -0.39 is 12.5 Å². The van der Waals surface area contributed by atoms with Gasteiger partial charge in [-0.05, 0) is 37.5 Å². The van der Waals surface area contributed by atoms with Gasteiger partial charge in [0.1, 0.15) is 0 Å². The summed E-state index contributed by atoms with van der Waals surface area (Å²) in [5.41, 5.74) is 8.77. The highest BCUT2D eigenvalue weighted by Crippen LogP contribution is 2.25. The van der Waals surface area contributed by atoms with Crippen LogP contribution < -0.4 is 5.73 Å². The minimum Gasteiger partial charge on any atom is -0.319 e. The number of benzene rings is 1. The second kappa shape index (κ2) is 4.05. The smallest absolute Gasteiger partial charge is 0.257 e. The van der Waals surface area contributed by atoms with E-state index >= 15 is 0 Å². The minimum absolute atomic E-state index is 0.575. The third-order valence-corrected chi connectivity index (χ3v) is 2.34. The average Bonchev–Trinajstić information content (AvgIpc) is 2.01. The number of aryl methyl sites for hydroxylation is 3. The maximum Gasteiger partial charge on any atom is 0.257 e. The molecular weight excluding hydrogens is 184 g/mol. The SMILES string of the molecule is Cc1cc(C)c(C(N)C(F)F)c(C)c1. The fraction of sp³-hybridized carbons (Fsp3) is 0.455. The molecule has 0 aliphatic rings. The summed E-state index contributed by atoms with van der Waals surface area (Å²) in [6, 6.07) is 2.59. The van der Waals surface area contributed by atoms with E-state index in [2.05, 4.69) is 0 Å². The molecule has 3 heteroatoms. The molecule has 1 aromatic carbocycles. The summed E-state index contributed by atoms with van der Waals surface area (Å²) in [6.07, 6.45) is -2.50. The monoisotopic (exact) mass is 199 g/mol. The van der Waals surface area contributed by atoms with Crippen LogP contribution in [-0.4, -0.2) is 6.43 Å². The van der Waals surface area contributed by atoms with E-state index in [1.54, 1.807) is 0 Å². The zero-order valence-electron chi connectivity index (χ0n) is 8.64. The maximum atomic E-state index is 12.4. The predicted octanol–water partition coefficient (Wildman–Crippen LogP) is 2.88. The normalized spacial score (nSPS) is 13.4. The van der Waals surface area contributed by atoms with Gasteiger partial charge in [-0.3, -0.25) is 0 Å². The molecular formula is C11H15F2N. The topological polar surface area (TPSA) is 26.0 Å². The Morgan fingerprint density at radius 2 is 1.50 bits per heavy atom. The van der Waals surface area contributed by atoms with Gasteiger partial charge in [0.05, 0.1) is 6.04 Å². The van der Waals surface area contributed by atoms with Gasteiger partial charge in [-0.15, -0.1) is 0 Å². The van der Waals surface area contributed by atoms with E-state index in [-0.39, 0.29) is 0 Å². The maximum absolute atomic E-state index is 12.4. The highest BCUT2D eigenvalue weighted by Gasteiger charge is 2.21. The Bertz CT molecular complexity index is 311. The summed E-state index contributed by atoms with van der Waals surface area (Å²) in [5, 5.41) is 0. The van der Waals surface area contributed by atoms with E-state index in [9.17, 15) is 8.78 Å². The molecule has 0 heterocycles. The van der Waals surface area contributed by atoms with Crippen molar-refractivity contribution in [3.05, 3.63) is 34.4 Å². The lowest BCUT2D eigenvalue weighted by atomic mass is 9.95. The number of halogens is 2. The zero-order chi connectivity index (χ0) is 10.9. The molecule has 1 nitrogen and oxygen atoms in total. The van der Waals surface area contributed by atoms with Crippen molar-refractivity contribution in [2.45, 2.75) is 33.2 Å². The first-order valence-corrected chi connectivity index (χ1v) is 4.55. The Labute approximate surface area is 82.9 Å². The summed E-state index contributed by atoms with van der Waals surface area (Å²) in [6.45, 7) is 5.58. The van der Waals surface area contributed by atoms with Gasteiger partial charge in [-0.1, -0.05) is 17.7 Å². The Kier molecular flexibility index (Phi) is 3.21. The van der Waals surface area contributed by atoms with Gasteiger partial charge in [0.25, 0.3) is 6.43 Å². The minimum atomic E-state index is -2.50. The molecule has 0 radical (unpaired) electrons. The van der Waals surface area contributed by atoms with Gasteiger partial charge < -0.3 is 5.73 Å². The molecule has 1 rings (SSSR count). The first kappa shape index (κ1) is 11.1. The molecule has 0 saturated carbocycles. The average molecular weight is 199 g/mol. The molecule has 0 fully saturated rings. The van der Waals surface area contributed by atoms with Gasteiger partial charge in [-0.2, -0.15) is 0 Å². The van der Waals surface area contributed by atoms with Crippen LogP contribution in [0, 0.1) is 20.8 Å². The highest BCUT2D eigenvalue weighted by atomic mass is 19.3. The third-order valence-electron chi connectivity index (χ3n) is 2.34. The summed E-state index contributed by atoms with van der Waals surface area (Å²) in [7, 11) is 0. The van der Waals surface area contributed by atoms with Crippen molar-refractivity contribution < 1.29 is 8.78 Å². The van der Waals surface area contributed by atoms with Crippen molar-refractivity contribution in [3.8, 4) is 0 Å². The number of nitrogens with two attached hydrogens (primary N) is 1. The van der Waals surface area contributed by atoms with Crippen molar-refractivity contribution in [2.24, 2.45) is 5.73 Å². The number of alkyl halides is 2. The fourth-order valence-corrected chi connectivity index (χ4v) is 1.84. The summed E-state index contributed by atoms with van der Waals surface area (Å²) in [5.74, 6) is 0. The Morgan fingerprint density at radius 1 is 1.07 bits per heavy atom. The van der Waals surface area contributed by atoms with Crippen LogP contribution in [0.5, 0.6) is 0 Å². The fourth-order valence-electron chi connectivity index (χ4n) is 1.84. The Morgan fingerprint density at radius 3 is 1.86 bits per heavy atom. The molecule has 0 amide bonds.